The van der Waals surface area contributed by atoms with Crippen molar-refractivity contribution in [3.05, 3.63) is 33.2 Å². The first-order chi connectivity index (χ1) is 11.0. The molecule has 0 unspecified atom stereocenters. The molecular formula is C12H11Br2Cl3N4O3. The lowest BCUT2D eigenvalue weighted by Crippen LogP contribution is -2.22. The SMILES string of the molecule is COC(=O)c1nc(Br)cn1C.Cn1cc(Br)nc1C(=O)C(Cl)(Cl)Cl. The Kier molecular flexibility index (Phi) is 7.74. The molecule has 24 heavy (non-hydrogen) atoms. The Morgan fingerprint density at radius 1 is 1.04 bits per heavy atom. The molecule has 2 aromatic heterocycles. The molecule has 0 spiro atoms. The van der Waals surface area contributed by atoms with Crippen LogP contribution < -0.4 is 0 Å². The van der Waals surface area contributed by atoms with Gasteiger partial charge in [-0.3, -0.25) is 4.79 Å². The standard InChI is InChI=1S/C6H4BrCl3N2O.C6H7BrN2O2/c1-12-2-3(7)11-5(12)4(13)6(8,9)10;1-9-3-4(7)8-5(9)6(10)11-2/h2H,1H3;3H,1-2H3. The summed E-state index contributed by atoms with van der Waals surface area (Å²) in [6.45, 7) is 0. The van der Waals surface area contributed by atoms with E-state index in [1.54, 1.807) is 31.1 Å². The fourth-order valence-electron chi connectivity index (χ4n) is 1.48. The maximum Gasteiger partial charge on any atom is 0.374 e. The van der Waals surface area contributed by atoms with Gasteiger partial charge in [-0.25, -0.2) is 14.8 Å². The third kappa shape index (κ3) is 5.73. The van der Waals surface area contributed by atoms with Crippen molar-refractivity contribution in [1.29, 1.82) is 0 Å². The number of aryl methyl sites for hydroxylation is 2. The van der Waals surface area contributed by atoms with Gasteiger partial charge in [0.25, 0.3) is 3.79 Å². The van der Waals surface area contributed by atoms with Gasteiger partial charge in [0.2, 0.25) is 11.6 Å². The molecule has 12 heteroatoms. The molecule has 0 saturated heterocycles. The molecule has 0 aliphatic carbocycles. The van der Waals surface area contributed by atoms with Crippen molar-refractivity contribution >= 4 is 78.4 Å². The molecule has 132 valence electrons. The minimum absolute atomic E-state index is 0.104. The molecular weight excluding hydrogens is 514 g/mol. The summed E-state index contributed by atoms with van der Waals surface area (Å²) in [5, 5.41) is 0. The summed E-state index contributed by atoms with van der Waals surface area (Å²) in [5.41, 5.74) is 0. The Bertz CT molecular complexity index is 755. The van der Waals surface area contributed by atoms with Gasteiger partial charge in [0.05, 0.1) is 7.11 Å². The quantitative estimate of drug-likeness (QED) is 0.340. The van der Waals surface area contributed by atoms with E-state index < -0.39 is 15.5 Å². The third-order valence-electron chi connectivity index (χ3n) is 2.52. The highest BCUT2D eigenvalue weighted by Crippen LogP contribution is 2.30. The van der Waals surface area contributed by atoms with Crippen LogP contribution >= 0.6 is 66.7 Å². The highest BCUT2D eigenvalue weighted by atomic mass is 79.9. The van der Waals surface area contributed by atoms with E-state index in [-0.39, 0.29) is 5.82 Å². The molecule has 2 heterocycles. The van der Waals surface area contributed by atoms with Gasteiger partial charge in [-0.15, -0.1) is 0 Å². The van der Waals surface area contributed by atoms with Crippen LogP contribution in [0.2, 0.25) is 0 Å². The lowest BCUT2D eigenvalue weighted by atomic mass is 10.4. The van der Waals surface area contributed by atoms with Crippen molar-refractivity contribution in [1.82, 2.24) is 19.1 Å². The Morgan fingerprint density at radius 3 is 1.75 bits per heavy atom. The van der Waals surface area contributed by atoms with E-state index in [2.05, 4.69) is 46.6 Å². The van der Waals surface area contributed by atoms with E-state index in [0.717, 1.165) is 0 Å². The van der Waals surface area contributed by atoms with Crippen LogP contribution in [0.5, 0.6) is 0 Å². The second-order valence-electron chi connectivity index (χ2n) is 4.31. The van der Waals surface area contributed by atoms with Crippen LogP contribution in [-0.2, 0) is 18.8 Å². The fourth-order valence-corrected chi connectivity index (χ4v) is 2.68. The molecule has 0 radical (unpaired) electrons. The number of ether oxygens (including phenoxy) is 1. The summed E-state index contributed by atoms with van der Waals surface area (Å²) in [6.07, 6.45) is 3.29. The van der Waals surface area contributed by atoms with E-state index in [4.69, 9.17) is 34.8 Å². The highest BCUT2D eigenvalue weighted by molar-refractivity contribution is 9.10. The molecule has 0 saturated carbocycles. The summed E-state index contributed by atoms with van der Waals surface area (Å²) in [7, 11) is 4.69. The van der Waals surface area contributed by atoms with Gasteiger partial charge in [-0.1, -0.05) is 34.8 Å². The summed E-state index contributed by atoms with van der Waals surface area (Å²) in [6, 6.07) is 0. The average molecular weight is 525 g/mol. The number of methoxy groups -OCH3 is 1. The number of Topliss-reactive ketones (excluding diaryl/α,β-unsaturated/α-hetero) is 1. The number of carbonyl (C=O) groups excluding carboxylic acids is 2. The fraction of sp³-hybridized carbons (Fsp3) is 0.333. The molecule has 0 atom stereocenters. The van der Waals surface area contributed by atoms with Crippen molar-refractivity contribution in [3.8, 4) is 0 Å². The summed E-state index contributed by atoms with van der Waals surface area (Å²) < 4.78 is 6.75. The van der Waals surface area contributed by atoms with Gasteiger partial charge in [-0.2, -0.15) is 0 Å². The summed E-state index contributed by atoms with van der Waals surface area (Å²) >= 11 is 22.5. The lowest BCUT2D eigenvalue weighted by Gasteiger charge is -2.07. The molecule has 0 N–H and O–H groups in total. The molecule has 0 fully saturated rings. The number of nitrogens with zero attached hydrogens (tertiary/aromatic N) is 4. The molecule has 0 aliphatic rings. The van der Waals surface area contributed by atoms with Crippen LogP contribution in [0.1, 0.15) is 21.2 Å². The van der Waals surface area contributed by atoms with Gasteiger partial charge < -0.3 is 13.9 Å². The molecule has 0 aromatic carbocycles. The number of hydrogen-bond donors (Lipinski definition) is 0. The van der Waals surface area contributed by atoms with Crippen molar-refractivity contribution in [2.75, 3.05) is 7.11 Å². The summed E-state index contributed by atoms with van der Waals surface area (Å²) in [4.78, 5) is 30.1. The number of imidazole rings is 2. The van der Waals surface area contributed by atoms with Crippen LogP contribution in [0, 0.1) is 0 Å². The number of ketones is 1. The average Bonchev–Trinajstić information content (AvgIpc) is 2.98. The van der Waals surface area contributed by atoms with Crippen molar-refractivity contribution < 1.29 is 14.3 Å². The highest BCUT2D eigenvalue weighted by Gasteiger charge is 2.34. The van der Waals surface area contributed by atoms with Crippen LogP contribution in [0.25, 0.3) is 0 Å². The van der Waals surface area contributed by atoms with Crippen LogP contribution in [0.3, 0.4) is 0 Å². The maximum absolute atomic E-state index is 11.4. The van der Waals surface area contributed by atoms with Crippen LogP contribution in [0.15, 0.2) is 21.6 Å². The van der Waals surface area contributed by atoms with E-state index in [1.165, 1.54) is 11.7 Å². The summed E-state index contributed by atoms with van der Waals surface area (Å²) in [5.74, 6) is -0.685. The Balaban J connectivity index is 0.000000243. The molecule has 0 amide bonds. The largest absolute Gasteiger partial charge is 0.463 e. The zero-order valence-corrected chi connectivity index (χ0v) is 18.0. The van der Waals surface area contributed by atoms with Gasteiger partial charge >= 0.3 is 5.97 Å². The monoisotopic (exact) mass is 522 g/mol. The van der Waals surface area contributed by atoms with Gasteiger partial charge in [0.15, 0.2) is 5.82 Å². The maximum atomic E-state index is 11.4. The molecule has 2 rings (SSSR count). The molecule has 0 aliphatic heterocycles. The predicted molar refractivity (Wildman–Crippen MR) is 97.8 cm³/mol. The first-order valence-corrected chi connectivity index (χ1v) is 8.77. The first-order valence-electron chi connectivity index (χ1n) is 6.05. The Morgan fingerprint density at radius 2 is 1.46 bits per heavy atom. The lowest BCUT2D eigenvalue weighted by molar-refractivity contribution is 0.0582. The molecule has 0 bridgehead atoms. The number of carbonyl (C=O) groups is 2. The molecule has 7 nitrogen and oxygen atoms in total. The normalized spacial score (nSPS) is 10.8. The Hall–Kier alpha value is -0.610. The van der Waals surface area contributed by atoms with E-state index >= 15 is 0 Å². The van der Waals surface area contributed by atoms with E-state index in [9.17, 15) is 9.59 Å². The van der Waals surface area contributed by atoms with Crippen LogP contribution in [0.4, 0.5) is 0 Å². The topological polar surface area (TPSA) is 79.0 Å². The number of esters is 1. The minimum Gasteiger partial charge on any atom is -0.463 e. The zero-order valence-electron chi connectivity index (χ0n) is 12.6. The first kappa shape index (κ1) is 21.4. The smallest absolute Gasteiger partial charge is 0.374 e. The third-order valence-corrected chi connectivity index (χ3v) is 3.80. The zero-order chi connectivity index (χ0) is 18.7. The molecule has 2 aromatic rings. The number of aromatic nitrogens is 4. The second kappa shape index (κ2) is 8.66. The van der Waals surface area contributed by atoms with Crippen LogP contribution in [-0.4, -0.2) is 41.8 Å². The number of alkyl halides is 3. The Labute approximate surface area is 169 Å². The van der Waals surface area contributed by atoms with Gasteiger partial charge in [0.1, 0.15) is 9.21 Å². The number of rotatable bonds is 2. The van der Waals surface area contributed by atoms with Gasteiger partial charge in [-0.05, 0) is 31.9 Å². The number of hydrogen-bond acceptors (Lipinski definition) is 5. The predicted octanol–water partition coefficient (Wildman–Crippen LogP) is 3.70. The van der Waals surface area contributed by atoms with Crippen molar-refractivity contribution in [3.63, 3.8) is 0 Å². The van der Waals surface area contributed by atoms with Gasteiger partial charge in [0, 0.05) is 26.5 Å². The van der Waals surface area contributed by atoms with E-state index in [0.29, 0.717) is 15.0 Å². The van der Waals surface area contributed by atoms with E-state index in [1.807, 2.05) is 0 Å². The number of halogens is 5. The minimum atomic E-state index is -1.96. The van der Waals surface area contributed by atoms with Crippen molar-refractivity contribution in [2.45, 2.75) is 3.79 Å². The van der Waals surface area contributed by atoms with Crippen molar-refractivity contribution in [2.24, 2.45) is 14.1 Å². The second-order valence-corrected chi connectivity index (χ2v) is 8.22.